The molecule has 42 heavy (non-hydrogen) atoms. The van der Waals surface area contributed by atoms with Gasteiger partial charge in [0.2, 0.25) is 11.8 Å². The second-order valence-electron chi connectivity index (χ2n) is 10.2. The summed E-state index contributed by atoms with van der Waals surface area (Å²) in [6.45, 7) is 2.34. The van der Waals surface area contributed by atoms with Gasteiger partial charge in [-0.1, -0.05) is 36.4 Å². The Morgan fingerprint density at radius 2 is 1.67 bits per heavy atom. The third-order valence-corrected chi connectivity index (χ3v) is 7.24. The average Bonchev–Trinajstić information content (AvgIpc) is 3.60. The van der Waals surface area contributed by atoms with Gasteiger partial charge in [0.05, 0.1) is 11.9 Å². The Hall–Kier alpha value is -5.18. The van der Waals surface area contributed by atoms with Crippen LogP contribution in [0.5, 0.6) is 11.5 Å². The quantitative estimate of drug-likeness (QED) is 0.198. The van der Waals surface area contributed by atoms with Crippen LogP contribution in [0.2, 0.25) is 0 Å². The Labute approximate surface area is 244 Å². The van der Waals surface area contributed by atoms with E-state index in [0.29, 0.717) is 36.0 Å². The summed E-state index contributed by atoms with van der Waals surface area (Å²) >= 11 is 0. The van der Waals surface area contributed by atoms with Crippen LogP contribution in [-0.4, -0.2) is 51.1 Å². The molecule has 212 valence electrons. The predicted octanol–water partition coefficient (Wildman–Crippen LogP) is 5.82. The fraction of sp³-hybridized carbons (Fsp3) is 0.212. The van der Waals surface area contributed by atoms with Crippen molar-refractivity contribution in [2.45, 2.75) is 25.7 Å². The zero-order valence-electron chi connectivity index (χ0n) is 23.2. The van der Waals surface area contributed by atoms with Gasteiger partial charge in [-0.25, -0.2) is 0 Å². The number of aromatic nitrogens is 3. The number of nitrogens with one attached hydrogen (secondary N) is 2. The minimum Gasteiger partial charge on any atom is -0.457 e. The molecule has 3 aromatic carbocycles. The van der Waals surface area contributed by atoms with E-state index in [-0.39, 0.29) is 18.2 Å². The molecule has 1 aliphatic rings. The Morgan fingerprint density at radius 3 is 2.43 bits per heavy atom. The molecule has 1 saturated heterocycles. The smallest absolute Gasteiger partial charge is 0.228 e. The van der Waals surface area contributed by atoms with Crippen molar-refractivity contribution >= 4 is 34.2 Å². The molecule has 5 aromatic rings. The van der Waals surface area contributed by atoms with Crippen molar-refractivity contribution in [3.05, 3.63) is 103 Å². The molecule has 0 radical (unpaired) electrons. The first kappa shape index (κ1) is 27.0. The minimum absolute atomic E-state index is 0.115. The van der Waals surface area contributed by atoms with Crippen molar-refractivity contribution in [1.82, 2.24) is 19.7 Å². The first-order valence-electron chi connectivity index (χ1n) is 14.2. The maximum Gasteiger partial charge on any atom is 0.228 e. The number of anilines is 2. The van der Waals surface area contributed by atoms with Gasteiger partial charge in [-0.3, -0.25) is 14.2 Å². The summed E-state index contributed by atoms with van der Waals surface area (Å²) in [6, 6.07) is 28.7. The molecule has 6 rings (SSSR count). The number of carbonyl (C=O) groups is 2. The monoisotopic (exact) mass is 560 g/mol. The van der Waals surface area contributed by atoms with Crippen LogP contribution in [0, 0.1) is 0 Å². The molecule has 2 N–H and O–H groups in total. The number of hydrogen-bond donors (Lipinski definition) is 2. The van der Waals surface area contributed by atoms with Crippen LogP contribution in [0.15, 0.2) is 97.2 Å². The van der Waals surface area contributed by atoms with E-state index in [1.807, 2.05) is 107 Å². The van der Waals surface area contributed by atoms with Crippen LogP contribution < -0.4 is 15.4 Å². The van der Waals surface area contributed by atoms with Gasteiger partial charge in [-0.05, 0) is 73.0 Å². The summed E-state index contributed by atoms with van der Waals surface area (Å²) in [5.41, 5.74) is 2.55. The van der Waals surface area contributed by atoms with Crippen molar-refractivity contribution in [2.24, 2.45) is 0 Å². The second kappa shape index (κ2) is 12.6. The molecule has 0 atom stereocenters. The SMILES string of the molecule is O=C(Cc1cn(-c2ccc(NCCCN3CCCC3=O)nn2)c2ccccc12)Nc1ccc(Oc2ccccc2)cc1. The lowest BCUT2D eigenvalue weighted by molar-refractivity contribution is -0.127. The van der Waals surface area contributed by atoms with Gasteiger partial charge in [-0.2, -0.15) is 0 Å². The normalized spacial score (nSPS) is 13.0. The molecule has 1 fully saturated rings. The lowest BCUT2D eigenvalue weighted by Gasteiger charge is -2.15. The standard InChI is InChI=1S/C33H32N6O3/c40-32(35-25-13-15-27(16-14-25)42-26-8-2-1-3-9-26)22-24-23-39(29-11-5-4-10-28(24)29)31-18-17-30(36-37-31)34-19-7-21-38-20-6-12-33(38)41/h1-5,8-11,13-18,23H,6-7,12,19-22H2,(H,34,36)(H,35,40). The van der Waals surface area contributed by atoms with Gasteiger partial charge in [0, 0.05) is 43.3 Å². The average molecular weight is 561 g/mol. The summed E-state index contributed by atoms with van der Waals surface area (Å²) in [5.74, 6) is 2.94. The molecule has 9 heteroatoms. The molecular weight excluding hydrogens is 528 g/mol. The molecule has 1 aliphatic heterocycles. The molecule has 2 amide bonds. The van der Waals surface area contributed by atoms with Crippen molar-refractivity contribution in [2.75, 3.05) is 30.3 Å². The number of ether oxygens (including phenoxy) is 1. The van der Waals surface area contributed by atoms with Crippen LogP contribution in [0.3, 0.4) is 0 Å². The number of fused-ring (bicyclic) bond motifs is 1. The Balaban J connectivity index is 1.08. The lowest BCUT2D eigenvalue weighted by Crippen LogP contribution is -2.27. The third kappa shape index (κ3) is 6.41. The molecule has 0 aliphatic carbocycles. The highest BCUT2D eigenvalue weighted by Gasteiger charge is 2.19. The largest absolute Gasteiger partial charge is 0.457 e. The van der Waals surface area contributed by atoms with Crippen molar-refractivity contribution < 1.29 is 14.3 Å². The van der Waals surface area contributed by atoms with E-state index in [2.05, 4.69) is 20.8 Å². The fourth-order valence-corrected chi connectivity index (χ4v) is 5.16. The molecule has 9 nitrogen and oxygen atoms in total. The third-order valence-electron chi connectivity index (χ3n) is 7.24. The Kier molecular flexibility index (Phi) is 8.07. The summed E-state index contributed by atoms with van der Waals surface area (Å²) in [6.07, 6.45) is 4.64. The molecule has 0 saturated carbocycles. The number of rotatable bonds is 11. The number of nitrogens with zero attached hydrogens (tertiary/aromatic N) is 4. The van der Waals surface area contributed by atoms with E-state index in [4.69, 9.17) is 4.74 Å². The van der Waals surface area contributed by atoms with Crippen molar-refractivity contribution in [3.63, 3.8) is 0 Å². The van der Waals surface area contributed by atoms with Gasteiger partial charge in [0.15, 0.2) is 5.82 Å². The van der Waals surface area contributed by atoms with Crippen molar-refractivity contribution in [1.29, 1.82) is 0 Å². The zero-order chi connectivity index (χ0) is 28.7. The van der Waals surface area contributed by atoms with Gasteiger partial charge in [-0.15, -0.1) is 10.2 Å². The second-order valence-corrected chi connectivity index (χ2v) is 10.2. The topological polar surface area (TPSA) is 101 Å². The maximum absolute atomic E-state index is 13.0. The minimum atomic E-state index is -0.115. The number of likely N-dealkylation sites (tertiary alicyclic amines) is 1. The van der Waals surface area contributed by atoms with E-state index in [1.165, 1.54) is 0 Å². The Morgan fingerprint density at radius 1 is 0.881 bits per heavy atom. The number of carbonyl (C=O) groups excluding carboxylic acids is 2. The van der Waals surface area contributed by atoms with Gasteiger partial charge in [0.1, 0.15) is 17.3 Å². The van der Waals surface area contributed by atoms with Crippen LogP contribution >= 0.6 is 0 Å². The molecule has 0 bridgehead atoms. The summed E-state index contributed by atoms with van der Waals surface area (Å²) in [5, 5.41) is 16.1. The predicted molar refractivity (Wildman–Crippen MR) is 163 cm³/mol. The van der Waals surface area contributed by atoms with Crippen molar-refractivity contribution in [3.8, 4) is 17.3 Å². The van der Waals surface area contributed by atoms with E-state index in [0.717, 1.165) is 48.1 Å². The Bertz CT molecular complexity index is 1670. The number of amides is 2. The fourth-order valence-electron chi connectivity index (χ4n) is 5.16. The molecule has 3 heterocycles. The van der Waals surface area contributed by atoms with Gasteiger partial charge < -0.3 is 20.3 Å². The highest BCUT2D eigenvalue weighted by Crippen LogP contribution is 2.26. The van der Waals surface area contributed by atoms with E-state index in [9.17, 15) is 9.59 Å². The molecule has 0 unspecified atom stereocenters. The summed E-state index contributed by atoms with van der Waals surface area (Å²) < 4.78 is 7.80. The number of para-hydroxylation sites is 2. The number of benzene rings is 3. The van der Waals surface area contributed by atoms with Crippen LogP contribution in [0.25, 0.3) is 16.7 Å². The highest BCUT2D eigenvalue weighted by atomic mass is 16.5. The van der Waals surface area contributed by atoms with Gasteiger partial charge >= 0.3 is 0 Å². The number of hydrogen-bond acceptors (Lipinski definition) is 6. The van der Waals surface area contributed by atoms with Crippen LogP contribution in [0.4, 0.5) is 11.5 Å². The first-order chi connectivity index (χ1) is 20.6. The van der Waals surface area contributed by atoms with Gasteiger partial charge in [0.25, 0.3) is 0 Å². The van der Waals surface area contributed by atoms with Crippen LogP contribution in [0.1, 0.15) is 24.8 Å². The molecule has 0 spiro atoms. The summed E-state index contributed by atoms with van der Waals surface area (Å²) in [7, 11) is 0. The lowest BCUT2D eigenvalue weighted by atomic mass is 10.1. The van der Waals surface area contributed by atoms with Crippen LogP contribution in [-0.2, 0) is 16.0 Å². The maximum atomic E-state index is 13.0. The van der Waals surface area contributed by atoms with E-state index < -0.39 is 0 Å². The van der Waals surface area contributed by atoms with E-state index >= 15 is 0 Å². The molecular formula is C33H32N6O3. The first-order valence-corrected chi connectivity index (χ1v) is 14.2. The zero-order valence-corrected chi connectivity index (χ0v) is 23.2. The highest BCUT2D eigenvalue weighted by molar-refractivity contribution is 5.96. The summed E-state index contributed by atoms with van der Waals surface area (Å²) in [4.78, 5) is 26.7. The molecule has 2 aromatic heterocycles. The van der Waals surface area contributed by atoms with E-state index in [1.54, 1.807) is 0 Å².